The summed E-state index contributed by atoms with van der Waals surface area (Å²) in [5.41, 5.74) is 3.85. The van der Waals surface area contributed by atoms with Crippen LogP contribution >= 0.6 is 0 Å². The molecule has 2 saturated heterocycles. The van der Waals surface area contributed by atoms with E-state index in [2.05, 4.69) is 47.3 Å². The summed E-state index contributed by atoms with van der Waals surface area (Å²) in [6.07, 6.45) is 3.63. The summed E-state index contributed by atoms with van der Waals surface area (Å²) in [5.74, 6) is 0.942. The summed E-state index contributed by atoms with van der Waals surface area (Å²) in [5, 5.41) is 3.47. The summed E-state index contributed by atoms with van der Waals surface area (Å²) in [6.45, 7) is 9.88. The van der Waals surface area contributed by atoms with Crippen LogP contribution in [-0.4, -0.2) is 70.1 Å². The topological polar surface area (TPSA) is 55.3 Å². The number of guanidine groups is 1. The molecule has 156 valence electrons. The van der Waals surface area contributed by atoms with Crippen molar-refractivity contribution >= 4 is 5.96 Å². The van der Waals surface area contributed by atoms with Gasteiger partial charge in [0.15, 0.2) is 5.96 Å². The van der Waals surface area contributed by atoms with Gasteiger partial charge in [-0.25, -0.2) is 0 Å². The Morgan fingerprint density at radius 2 is 2.18 bits per heavy atom. The molecule has 1 N–H and O–H groups in total. The van der Waals surface area contributed by atoms with E-state index >= 15 is 0 Å². The zero-order valence-electron chi connectivity index (χ0n) is 17.6. The van der Waals surface area contributed by atoms with Gasteiger partial charge >= 0.3 is 0 Å². The molecule has 2 aliphatic rings. The molecule has 2 heterocycles. The van der Waals surface area contributed by atoms with Crippen molar-refractivity contribution in [1.82, 2.24) is 10.2 Å². The fourth-order valence-electron chi connectivity index (χ4n) is 3.91. The van der Waals surface area contributed by atoms with E-state index in [0.29, 0.717) is 12.7 Å². The Bertz CT molecular complexity index is 644. The van der Waals surface area contributed by atoms with Crippen molar-refractivity contribution in [3.05, 3.63) is 34.9 Å². The van der Waals surface area contributed by atoms with Gasteiger partial charge in [-0.3, -0.25) is 4.99 Å². The SMILES string of the molecule is CN=C(NCCCOCC1CCCO1)N1CCOC(c2ccc(C)cc2C)C1. The number of rotatable bonds is 7. The maximum absolute atomic E-state index is 6.06. The second-order valence-electron chi connectivity index (χ2n) is 7.70. The largest absolute Gasteiger partial charge is 0.379 e. The standard InChI is InChI=1S/C22H35N3O3/c1-17-7-8-20(18(2)14-17)21-15-25(10-13-28-21)22(23-3)24-9-5-11-26-16-19-6-4-12-27-19/h7-8,14,19,21H,4-6,9-13,15-16H2,1-3H3,(H,23,24). The first kappa shape index (κ1) is 21.1. The van der Waals surface area contributed by atoms with E-state index < -0.39 is 0 Å². The van der Waals surface area contributed by atoms with E-state index in [4.69, 9.17) is 14.2 Å². The van der Waals surface area contributed by atoms with Crippen LogP contribution in [0, 0.1) is 13.8 Å². The zero-order chi connectivity index (χ0) is 19.8. The Morgan fingerprint density at radius 3 is 2.93 bits per heavy atom. The Kier molecular flexibility index (Phi) is 8.13. The summed E-state index contributed by atoms with van der Waals surface area (Å²) >= 11 is 0. The molecular formula is C22H35N3O3. The molecule has 2 atom stereocenters. The number of morpholine rings is 1. The lowest BCUT2D eigenvalue weighted by molar-refractivity contribution is -0.00842. The normalized spacial score (nSPS) is 23.2. The predicted molar refractivity (Wildman–Crippen MR) is 112 cm³/mol. The molecule has 0 radical (unpaired) electrons. The van der Waals surface area contributed by atoms with Gasteiger partial charge in [-0.15, -0.1) is 0 Å². The highest BCUT2D eigenvalue weighted by molar-refractivity contribution is 5.80. The minimum Gasteiger partial charge on any atom is -0.379 e. The molecule has 2 aliphatic heterocycles. The maximum Gasteiger partial charge on any atom is 0.193 e. The van der Waals surface area contributed by atoms with Gasteiger partial charge in [0.05, 0.1) is 25.9 Å². The van der Waals surface area contributed by atoms with Gasteiger partial charge in [0, 0.05) is 33.4 Å². The minimum atomic E-state index is 0.0858. The van der Waals surface area contributed by atoms with Crippen LogP contribution in [0.25, 0.3) is 0 Å². The monoisotopic (exact) mass is 389 g/mol. The smallest absolute Gasteiger partial charge is 0.193 e. The van der Waals surface area contributed by atoms with Crippen molar-refractivity contribution in [2.24, 2.45) is 4.99 Å². The van der Waals surface area contributed by atoms with Gasteiger partial charge in [-0.1, -0.05) is 23.8 Å². The summed E-state index contributed by atoms with van der Waals surface area (Å²) in [4.78, 5) is 6.76. The fraction of sp³-hybridized carbons (Fsp3) is 0.682. The number of nitrogens with one attached hydrogen (secondary N) is 1. The third-order valence-corrected chi connectivity index (χ3v) is 5.43. The Morgan fingerprint density at radius 1 is 1.29 bits per heavy atom. The van der Waals surface area contributed by atoms with E-state index in [1.54, 1.807) is 0 Å². The van der Waals surface area contributed by atoms with Crippen molar-refractivity contribution in [1.29, 1.82) is 0 Å². The molecule has 2 unspecified atom stereocenters. The van der Waals surface area contributed by atoms with Crippen LogP contribution < -0.4 is 5.32 Å². The molecule has 1 aromatic rings. The molecule has 0 aromatic heterocycles. The highest BCUT2D eigenvalue weighted by Gasteiger charge is 2.25. The number of hydrogen-bond donors (Lipinski definition) is 1. The van der Waals surface area contributed by atoms with Crippen molar-refractivity contribution in [3.8, 4) is 0 Å². The van der Waals surface area contributed by atoms with Crippen LogP contribution in [0.2, 0.25) is 0 Å². The van der Waals surface area contributed by atoms with Crippen LogP contribution in [0.3, 0.4) is 0 Å². The van der Waals surface area contributed by atoms with Gasteiger partial charge in [-0.05, 0) is 44.2 Å². The predicted octanol–water partition coefficient (Wildman–Crippen LogP) is 2.84. The zero-order valence-corrected chi connectivity index (χ0v) is 17.6. The molecule has 1 aromatic carbocycles. The van der Waals surface area contributed by atoms with Crippen LogP contribution in [-0.2, 0) is 14.2 Å². The lowest BCUT2D eigenvalue weighted by Crippen LogP contribution is -2.48. The average Bonchev–Trinajstić information content (AvgIpc) is 3.21. The number of benzene rings is 1. The molecule has 0 aliphatic carbocycles. The van der Waals surface area contributed by atoms with E-state index in [1.807, 2.05) is 7.05 Å². The molecule has 28 heavy (non-hydrogen) atoms. The van der Waals surface area contributed by atoms with Gasteiger partial charge in [0.25, 0.3) is 0 Å². The van der Waals surface area contributed by atoms with Crippen LogP contribution in [0.1, 0.15) is 42.1 Å². The van der Waals surface area contributed by atoms with E-state index in [1.165, 1.54) is 16.7 Å². The first-order chi connectivity index (χ1) is 13.7. The number of ether oxygens (including phenoxy) is 3. The lowest BCUT2D eigenvalue weighted by Gasteiger charge is -2.35. The number of aliphatic imine (C=N–C) groups is 1. The molecule has 0 bridgehead atoms. The van der Waals surface area contributed by atoms with Crippen molar-refractivity contribution in [2.75, 3.05) is 53.1 Å². The second kappa shape index (κ2) is 10.8. The van der Waals surface area contributed by atoms with Crippen LogP contribution in [0.5, 0.6) is 0 Å². The number of aryl methyl sites for hydroxylation is 2. The highest BCUT2D eigenvalue weighted by atomic mass is 16.5. The second-order valence-corrected chi connectivity index (χ2v) is 7.70. The van der Waals surface area contributed by atoms with E-state index in [0.717, 1.165) is 64.7 Å². The molecule has 0 amide bonds. The molecule has 0 spiro atoms. The van der Waals surface area contributed by atoms with Crippen molar-refractivity contribution in [2.45, 2.75) is 45.3 Å². The van der Waals surface area contributed by atoms with Crippen LogP contribution in [0.15, 0.2) is 23.2 Å². The lowest BCUT2D eigenvalue weighted by atomic mass is 10.00. The Hall–Kier alpha value is -1.63. The molecule has 6 nitrogen and oxygen atoms in total. The number of nitrogens with zero attached hydrogens (tertiary/aromatic N) is 2. The molecule has 2 fully saturated rings. The molecule has 0 saturated carbocycles. The van der Waals surface area contributed by atoms with Gasteiger partial charge < -0.3 is 24.4 Å². The van der Waals surface area contributed by atoms with E-state index in [9.17, 15) is 0 Å². The van der Waals surface area contributed by atoms with E-state index in [-0.39, 0.29) is 6.10 Å². The maximum atomic E-state index is 6.06. The first-order valence-electron chi connectivity index (χ1n) is 10.5. The summed E-state index contributed by atoms with van der Waals surface area (Å²) in [6, 6.07) is 6.58. The summed E-state index contributed by atoms with van der Waals surface area (Å²) in [7, 11) is 1.85. The highest BCUT2D eigenvalue weighted by Crippen LogP contribution is 2.25. The van der Waals surface area contributed by atoms with Crippen LogP contribution in [0.4, 0.5) is 0 Å². The third-order valence-electron chi connectivity index (χ3n) is 5.43. The minimum absolute atomic E-state index is 0.0858. The fourth-order valence-corrected chi connectivity index (χ4v) is 3.91. The first-order valence-corrected chi connectivity index (χ1v) is 10.5. The average molecular weight is 390 g/mol. The summed E-state index contributed by atoms with van der Waals surface area (Å²) < 4.78 is 17.4. The van der Waals surface area contributed by atoms with Gasteiger partial charge in [0.2, 0.25) is 0 Å². The van der Waals surface area contributed by atoms with Gasteiger partial charge in [-0.2, -0.15) is 0 Å². The third kappa shape index (κ3) is 5.93. The molecule has 3 rings (SSSR count). The Labute approximate surface area is 169 Å². The Balaban J connectivity index is 1.42. The van der Waals surface area contributed by atoms with Gasteiger partial charge in [0.1, 0.15) is 6.10 Å². The quantitative estimate of drug-likeness (QED) is 0.442. The van der Waals surface area contributed by atoms with Crippen molar-refractivity contribution < 1.29 is 14.2 Å². The number of hydrogen-bond acceptors (Lipinski definition) is 4. The van der Waals surface area contributed by atoms with Crippen molar-refractivity contribution in [3.63, 3.8) is 0 Å². The molecular weight excluding hydrogens is 354 g/mol. The molecule has 6 heteroatoms.